The summed E-state index contributed by atoms with van der Waals surface area (Å²) in [6.07, 6.45) is 1.80. The highest BCUT2D eigenvalue weighted by Gasteiger charge is 2.16. The molecule has 2 aromatic heterocycles. The molecule has 0 saturated heterocycles. The van der Waals surface area contributed by atoms with E-state index >= 15 is 0 Å². The zero-order valence-corrected chi connectivity index (χ0v) is 14.4. The lowest BCUT2D eigenvalue weighted by molar-refractivity contribution is 0.178. The molecule has 0 aliphatic heterocycles. The molecule has 3 rings (SSSR count). The molecule has 0 saturated carbocycles. The second kappa shape index (κ2) is 6.84. The zero-order valence-electron chi connectivity index (χ0n) is 14.4. The molecule has 0 unspecified atom stereocenters. The molecular formula is C17H21N5O2. The van der Waals surface area contributed by atoms with Gasteiger partial charge in [-0.25, -0.2) is 14.6 Å². The highest BCUT2D eigenvalue weighted by Crippen LogP contribution is 2.26. The molecule has 7 nitrogen and oxygen atoms in total. The van der Waals surface area contributed by atoms with Crippen LogP contribution in [-0.2, 0) is 11.3 Å². The first kappa shape index (κ1) is 16.2. The van der Waals surface area contributed by atoms with Gasteiger partial charge >= 0.3 is 0 Å². The minimum absolute atomic E-state index is 0.355. The van der Waals surface area contributed by atoms with Crippen molar-refractivity contribution in [3.63, 3.8) is 0 Å². The monoisotopic (exact) mass is 327 g/mol. The number of methoxy groups -OCH3 is 2. The van der Waals surface area contributed by atoms with Crippen LogP contribution in [0.3, 0.4) is 0 Å². The van der Waals surface area contributed by atoms with Gasteiger partial charge in [-0.05, 0) is 31.2 Å². The maximum absolute atomic E-state index is 5.21. The Labute approximate surface area is 140 Å². The van der Waals surface area contributed by atoms with Crippen molar-refractivity contribution in [3.05, 3.63) is 36.3 Å². The molecule has 0 radical (unpaired) electrons. The van der Waals surface area contributed by atoms with Crippen molar-refractivity contribution in [1.29, 1.82) is 0 Å². The van der Waals surface area contributed by atoms with E-state index in [9.17, 15) is 0 Å². The van der Waals surface area contributed by atoms with Gasteiger partial charge in [0.15, 0.2) is 11.5 Å². The number of ether oxygens (including phenoxy) is 2. The molecule has 0 N–H and O–H groups in total. The molecule has 0 fully saturated rings. The fraction of sp³-hybridized carbons (Fsp3) is 0.353. The van der Waals surface area contributed by atoms with Gasteiger partial charge in [-0.1, -0.05) is 0 Å². The topological polar surface area (TPSA) is 65.3 Å². The van der Waals surface area contributed by atoms with Crippen LogP contribution in [-0.4, -0.2) is 47.6 Å². The van der Waals surface area contributed by atoms with Crippen LogP contribution in [0.1, 0.15) is 12.7 Å². The molecule has 0 amide bonds. The van der Waals surface area contributed by atoms with Crippen molar-refractivity contribution in [2.45, 2.75) is 13.5 Å². The fourth-order valence-electron chi connectivity index (χ4n) is 2.48. The van der Waals surface area contributed by atoms with E-state index < -0.39 is 0 Å². The van der Waals surface area contributed by atoms with Gasteiger partial charge in [0.05, 0.1) is 24.4 Å². The molecular weight excluding hydrogens is 306 g/mol. The third-order valence-corrected chi connectivity index (χ3v) is 3.88. The molecule has 0 atom stereocenters. The van der Waals surface area contributed by atoms with Gasteiger partial charge in [0.1, 0.15) is 18.2 Å². The van der Waals surface area contributed by atoms with Gasteiger partial charge in [-0.2, -0.15) is 5.10 Å². The number of hydrogen-bond acceptors (Lipinski definition) is 6. The number of anilines is 1. The second-order valence-electron chi connectivity index (χ2n) is 5.40. The lowest BCUT2D eigenvalue weighted by Gasteiger charge is -2.17. The fourth-order valence-corrected chi connectivity index (χ4v) is 2.48. The van der Waals surface area contributed by atoms with Crippen LogP contribution in [0.2, 0.25) is 0 Å². The first-order chi connectivity index (χ1) is 11.7. The summed E-state index contributed by atoms with van der Waals surface area (Å²) in [6.45, 7) is 3.28. The average Bonchev–Trinajstić information content (AvgIpc) is 3.04. The van der Waals surface area contributed by atoms with Crippen molar-refractivity contribution >= 4 is 16.9 Å². The molecule has 1 aromatic carbocycles. The van der Waals surface area contributed by atoms with Gasteiger partial charge < -0.3 is 14.4 Å². The van der Waals surface area contributed by atoms with Crippen molar-refractivity contribution in [1.82, 2.24) is 19.7 Å². The van der Waals surface area contributed by atoms with Gasteiger partial charge in [0, 0.05) is 20.7 Å². The predicted octanol–water partition coefficient (Wildman–Crippen LogP) is 2.43. The van der Waals surface area contributed by atoms with Crippen molar-refractivity contribution in [2.24, 2.45) is 0 Å². The Kier molecular flexibility index (Phi) is 4.61. The van der Waals surface area contributed by atoms with Crippen molar-refractivity contribution < 1.29 is 9.47 Å². The Bertz CT molecular complexity index is 829. The third kappa shape index (κ3) is 2.90. The molecule has 0 aliphatic carbocycles. The quantitative estimate of drug-likeness (QED) is 0.693. The molecule has 2 heterocycles. The molecule has 3 aromatic rings. The van der Waals surface area contributed by atoms with Gasteiger partial charge in [0.2, 0.25) is 0 Å². The van der Waals surface area contributed by atoms with E-state index in [4.69, 9.17) is 9.47 Å². The Morgan fingerprint density at radius 1 is 1.12 bits per heavy atom. The van der Waals surface area contributed by atoms with E-state index in [2.05, 4.69) is 26.9 Å². The lowest BCUT2D eigenvalue weighted by atomic mass is 10.3. The SMILES string of the molecule is CCN(C)c1nc(COC)nc2c1cnn2-c1ccc(OC)cc1. The Morgan fingerprint density at radius 3 is 2.50 bits per heavy atom. The maximum Gasteiger partial charge on any atom is 0.168 e. The molecule has 126 valence electrons. The summed E-state index contributed by atoms with van der Waals surface area (Å²) in [4.78, 5) is 11.3. The third-order valence-electron chi connectivity index (χ3n) is 3.88. The summed E-state index contributed by atoms with van der Waals surface area (Å²) in [6, 6.07) is 7.71. The summed E-state index contributed by atoms with van der Waals surface area (Å²) in [5, 5.41) is 5.42. The smallest absolute Gasteiger partial charge is 0.168 e. The van der Waals surface area contributed by atoms with E-state index in [1.54, 1.807) is 20.4 Å². The lowest BCUT2D eigenvalue weighted by Crippen LogP contribution is -2.19. The van der Waals surface area contributed by atoms with Crippen LogP contribution < -0.4 is 9.64 Å². The minimum atomic E-state index is 0.355. The highest BCUT2D eigenvalue weighted by molar-refractivity contribution is 5.87. The number of fused-ring (bicyclic) bond motifs is 1. The van der Waals surface area contributed by atoms with E-state index in [-0.39, 0.29) is 0 Å². The predicted molar refractivity (Wildman–Crippen MR) is 92.9 cm³/mol. The Morgan fingerprint density at radius 2 is 1.88 bits per heavy atom. The molecule has 0 spiro atoms. The standard InChI is InChI=1S/C17H21N5O2/c1-5-21(2)16-14-10-18-22(12-6-8-13(24-4)9-7-12)17(14)20-15(19-16)11-23-3/h6-10H,5,11H2,1-4H3. The molecule has 0 bridgehead atoms. The van der Waals surface area contributed by atoms with Gasteiger partial charge in [0.25, 0.3) is 0 Å². The van der Waals surface area contributed by atoms with Gasteiger partial charge in [-0.15, -0.1) is 0 Å². The zero-order chi connectivity index (χ0) is 17.1. The van der Waals surface area contributed by atoms with E-state index in [1.807, 2.05) is 36.0 Å². The van der Waals surface area contributed by atoms with E-state index in [0.29, 0.717) is 12.4 Å². The number of hydrogen-bond donors (Lipinski definition) is 0. The summed E-state index contributed by atoms with van der Waals surface area (Å²) in [5.74, 6) is 2.29. The summed E-state index contributed by atoms with van der Waals surface area (Å²) >= 11 is 0. The van der Waals surface area contributed by atoms with Crippen LogP contribution in [0.15, 0.2) is 30.5 Å². The van der Waals surface area contributed by atoms with Crippen LogP contribution in [0.4, 0.5) is 5.82 Å². The first-order valence-electron chi connectivity index (χ1n) is 7.77. The number of aromatic nitrogens is 4. The van der Waals surface area contributed by atoms with E-state index in [0.717, 1.165) is 34.8 Å². The van der Waals surface area contributed by atoms with Crippen LogP contribution >= 0.6 is 0 Å². The number of rotatable bonds is 6. The average molecular weight is 327 g/mol. The normalized spacial score (nSPS) is 11.0. The second-order valence-corrected chi connectivity index (χ2v) is 5.40. The summed E-state index contributed by atoms with van der Waals surface area (Å²) in [5.41, 5.74) is 1.68. The Balaban J connectivity index is 2.16. The number of nitrogens with zero attached hydrogens (tertiary/aromatic N) is 5. The maximum atomic E-state index is 5.21. The van der Waals surface area contributed by atoms with Gasteiger partial charge in [-0.3, -0.25) is 0 Å². The summed E-state index contributed by atoms with van der Waals surface area (Å²) < 4.78 is 12.2. The Hall–Kier alpha value is -2.67. The van der Waals surface area contributed by atoms with Crippen molar-refractivity contribution in [2.75, 3.05) is 32.7 Å². The minimum Gasteiger partial charge on any atom is -0.497 e. The first-order valence-corrected chi connectivity index (χ1v) is 7.77. The molecule has 24 heavy (non-hydrogen) atoms. The van der Waals surface area contributed by atoms with Crippen LogP contribution in [0, 0.1) is 0 Å². The molecule has 7 heteroatoms. The number of benzene rings is 1. The largest absolute Gasteiger partial charge is 0.497 e. The van der Waals surface area contributed by atoms with E-state index in [1.165, 1.54) is 0 Å². The highest BCUT2D eigenvalue weighted by atomic mass is 16.5. The van der Waals surface area contributed by atoms with Crippen molar-refractivity contribution in [3.8, 4) is 11.4 Å². The van der Waals surface area contributed by atoms with Crippen LogP contribution in [0.5, 0.6) is 5.75 Å². The molecule has 0 aliphatic rings. The van der Waals surface area contributed by atoms with Crippen LogP contribution in [0.25, 0.3) is 16.7 Å². The summed E-state index contributed by atoms with van der Waals surface area (Å²) in [7, 11) is 5.29.